The normalized spacial score (nSPS) is 14.2. The van der Waals surface area contributed by atoms with Crippen LogP contribution in [0.25, 0.3) is 0 Å². The number of benzene rings is 2. The zero-order valence-electron chi connectivity index (χ0n) is 12.2. The summed E-state index contributed by atoms with van der Waals surface area (Å²) in [6.07, 6.45) is 2.63. The Morgan fingerprint density at radius 2 is 1.90 bits per heavy atom. The van der Waals surface area contributed by atoms with Gasteiger partial charge in [0.25, 0.3) is 0 Å². The van der Waals surface area contributed by atoms with Crippen LogP contribution in [-0.4, -0.2) is 6.04 Å². The number of hydrogen-bond donors (Lipinski definition) is 1. The molecule has 2 aromatic carbocycles. The molecule has 1 N–H and O–H groups in total. The van der Waals surface area contributed by atoms with E-state index < -0.39 is 0 Å². The second-order valence-corrected chi connectivity index (χ2v) is 6.50. The highest BCUT2D eigenvalue weighted by Crippen LogP contribution is 2.27. The summed E-state index contributed by atoms with van der Waals surface area (Å²) >= 11 is 3.56. The van der Waals surface area contributed by atoms with Crippen LogP contribution in [0.4, 0.5) is 0 Å². The van der Waals surface area contributed by atoms with E-state index in [0.29, 0.717) is 6.61 Å². The molecule has 0 amide bonds. The van der Waals surface area contributed by atoms with Crippen molar-refractivity contribution >= 4 is 15.9 Å². The first-order chi connectivity index (χ1) is 10.2. The van der Waals surface area contributed by atoms with Crippen molar-refractivity contribution in [1.29, 1.82) is 0 Å². The lowest BCUT2D eigenvalue weighted by Crippen LogP contribution is -2.16. The fraction of sp³-hybridized carbons (Fsp3) is 0.333. The maximum Gasteiger partial charge on any atom is 0.134 e. The second kappa shape index (κ2) is 6.63. The molecule has 2 nitrogen and oxygen atoms in total. The maximum atomic E-state index is 5.97. The van der Waals surface area contributed by atoms with Gasteiger partial charge in [-0.25, -0.2) is 0 Å². The summed E-state index contributed by atoms with van der Waals surface area (Å²) < 4.78 is 6.98. The minimum Gasteiger partial charge on any atom is -0.488 e. The number of hydrogen-bond acceptors (Lipinski definition) is 2. The predicted octanol–water partition coefficient (Wildman–Crippen LogP) is 4.59. The van der Waals surface area contributed by atoms with Gasteiger partial charge >= 0.3 is 0 Å². The average molecular weight is 346 g/mol. The lowest BCUT2D eigenvalue weighted by Gasteiger charge is -2.13. The Balaban J connectivity index is 1.66. The monoisotopic (exact) mass is 345 g/mol. The first-order valence-electron chi connectivity index (χ1n) is 7.41. The van der Waals surface area contributed by atoms with Crippen molar-refractivity contribution in [1.82, 2.24) is 5.32 Å². The third kappa shape index (κ3) is 4.08. The largest absolute Gasteiger partial charge is 0.488 e. The molecule has 0 atom stereocenters. The minimum absolute atomic E-state index is 0.601. The lowest BCUT2D eigenvalue weighted by atomic mass is 10.1. The Morgan fingerprint density at radius 1 is 1.14 bits per heavy atom. The van der Waals surface area contributed by atoms with Crippen LogP contribution in [-0.2, 0) is 13.2 Å². The van der Waals surface area contributed by atoms with Crippen molar-refractivity contribution in [2.45, 2.75) is 39.0 Å². The van der Waals surface area contributed by atoms with Gasteiger partial charge in [0, 0.05) is 12.6 Å². The summed E-state index contributed by atoms with van der Waals surface area (Å²) in [6, 6.07) is 15.4. The fourth-order valence-electron chi connectivity index (χ4n) is 2.29. The van der Waals surface area contributed by atoms with E-state index in [4.69, 9.17) is 4.74 Å². The molecule has 0 spiro atoms. The topological polar surface area (TPSA) is 21.3 Å². The molecule has 21 heavy (non-hydrogen) atoms. The summed E-state index contributed by atoms with van der Waals surface area (Å²) in [7, 11) is 0. The van der Waals surface area contributed by atoms with E-state index in [9.17, 15) is 0 Å². The third-order valence-corrected chi connectivity index (χ3v) is 4.37. The number of nitrogens with one attached hydrogen (secondary N) is 1. The predicted molar refractivity (Wildman–Crippen MR) is 89.5 cm³/mol. The van der Waals surface area contributed by atoms with E-state index in [0.717, 1.165) is 22.8 Å². The van der Waals surface area contributed by atoms with Gasteiger partial charge in [-0.3, -0.25) is 0 Å². The van der Waals surface area contributed by atoms with Crippen LogP contribution >= 0.6 is 15.9 Å². The van der Waals surface area contributed by atoms with Crippen LogP contribution in [0, 0.1) is 6.92 Å². The molecule has 0 unspecified atom stereocenters. The molecule has 2 aromatic rings. The molecular weight excluding hydrogens is 326 g/mol. The van der Waals surface area contributed by atoms with Crippen molar-refractivity contribution in [2.24, 2.45) is 0 Å². The van der Waals surface area contributed by atoms with Gasteiger partial charge in [-0.2, -0.15) is 0 Å². The molecule has 0 heterocycles. The van der Waals surface area contributed by atoms with Crippen LogP contribution in [0.3, 0.4) is 0 Å². The Labute approximate surface area is 134 Å². The molecule has 3 heteroatoms. The van der Waals surface area contributed by atoms with Gasteiger partial charge in [0.1, 0.15) is 12.4 Å². The first-order valence-corrected chi connectivity index (χ1v) is 8.21. The van der Waals surface area contributed by atoms with Gasteiger partial charge in [-0.15, -0.1) is 0 Å². The van der Waals surface area contributed by atoms with Crippen molar-refractivity contribution in [2.75, 3.05) is 0 Å². The minimum atomic E-state index is 0.601. The number of aryl methyl sites for hydroxylation is 1. The molecule has 1 fully saturated rings. The molecule has 0 saturated heterocycles. The van der Waals surface area contributed by atoms with Crippen LogP contribution in [0.5, 0.6) is 5.75 Å². The van der Waals surface area contributed by atoms with E-state index in [2.05, 4.69) is 64.6 Å². The molecule has 3 rings (SSSR count). The van der Waals surface area contributed by atoms with E-state index in [1.54, 1.807) is 0 Å². The smallest absolute Gasteiger partial charge is 0.134 e. The molecular formula is C18H20BrNO. The van der Waals surface area contributed by atoms with Crippen LogP contribution < -0.4 is 10.1 Å². The van der Waals surface area contributed by atoms with Gasteiger partial charge in [-0.05, 0) is 64.5 Å². The third-order valence-electron chi connectivity index (χ3n) is 3.75. The van der Waals surface area contributed by atoms with Crippen molar-refractivity contribution in [3.63, 3.8) is 0 Å². The van der Waals surface area contributed by atoms with Crippen LogP contribution in [0.1, 0.15) is 29.5 Å². The fourth-order valence-corrected chi connectivity index (χ4v) is 2.90. The Morgan fingerprint density at radius 3 is 2.62 bits per heavy atom. The van der Waals surface area contributed by atoms with E-state index >= 15 is 0 Å². The van der Waals surface area contributed by atoms with Gasteiger partial charge in [0.2, 0.25) is 0 Å². The quantitative estimate of drug-likeness (QED) is 0.826. The van der Waals surface area contributed by atoms with E-state index in [1.165, 1.54) is 29.5 Å². The molecule has 1 aliphatic carbocycles. The lowest BCUT2D eigenvalue weighted by molar-refractivity contribution is 0.302. The maximum absolute atomic E-state index is 5.97. The van der Waals surface area contributed by atoms with Crippen LogP contribution in [0.2, 0.25) is 0 Å². The van der Waals surface area contributed by atoms with Crippen molar-refractivity contribution in [3.8, 4) is 5.75 Å². The van der Waals surface area contributed by atoms with E-state index in [-0.39, 0.29) is 0 Å². The number of ether oxygens (including phenoxy) is 1. The van der Waals surface area contributed by atoms with Crippen molar-refractivity contribution in [3.05, 3.63) is 63.6 Å². The summed E-state index contributed by atoms with van der Waals surface area (Å²) in [5, 5.41) is 3.57. The van der Waals surface area contributed by atoms with Gasteiger partial charge in [-0.1, -0.05) is 30.3 Å². The van der Waals surface area contributed by atoms with Gasteiger partial charge < -0.3 is 10.1 Å². The van der Waals surface area contributed by atoms with Gasteiger partial charge in [0.05, 0.1) is 4.47 Å². The highest BCUT2D eigenvalue weighted by atomic mass is 79.9. The van der Waals surface area contributed by atoms with Gasteiger partial charge in [0.15, 0.2) is 0 Å². The molecule has 110 valence electrons. The highest BCUT2D eigenvalue weighted by Gasteiger charge is 2.20. The first kappa shape index (κ1) is 14.6. The summed E-state index contributed by atoms with van der Waals surface area (Å²) in [4.78, 5) is 0. The Kier molecular flexibility index (Phi) is 4.61. The summed E-state index contributed by atoms with van der Waals surface area (Å²) in [6.45, 7) is 3.61. The number of rotatable bonds is 6. The molecule has 1 saturated carbocycles. The summed E-state index contributed by atoms with van der Waals surface area (Å²) in [5.41, 5.74) is 3.80. The molecule has 0 bridgehead atoms. The zero-order valence-corrected chi connectivity index (χ0v) is 13.8. The molecule has 0 aromatic heterocycles. The standard InChI is InChI=1S/C18H20BrNO/c1-13-6-9-18(17(19)10-13)21-12-15-5-3-2-4-14(15)11-20-16-7-8-16/h2-6,9-10,16,20H,7-8,11-12H2,1H3. The van der Waals surface area contributed by atoms with Crippen LogP contribution in [0.15, 0.2) is 46.9 Å². The molecule has 0 radical (unpaired) electrons. The Bertz CT molecular complexity index is 622. The summed E-state index contributed by atoms with van der Waals surface area (Å²) in [5.74, 6) is 0.894. The SMILES string of the molecule is Cc1ccc(OCc2ccccc2CNC2CC2)c(Br)c1. The molecule has 1 aliphatic rings. The molecule has 0 aliphatic heterocycles. The van der Waals surface area contributed by atoms with Crippen molar-refractivity contribution < 1.29 is 4.74 Å². The Hall–Kier alpha value is -1.32. The average Bonchev–Trinajstić information content (AvgIpc) is 3.29. The zero-order chi connectivity index (χ0) is 14.7. The van der Waals surface area contributed by atoms with E-state index in [1.807, 2.05) is 6.07 Å². The second-order valence-electron chi connectivity index (χ2n) is 5.65. The highest BCUT2D eigenvalue weighted by molar-refractivity contribution is 9.10. The number of halogens is 1.